The molecular weight excluding hydrogens is 303 g/mol. The van der Waals surface area contributed by atoms with Crippen LogP contribution in [0.5, 0.6) is 0 Å². The Kier molecular flexibility index (Phi) is 3.92. The summed E-state index contributed by atoms with van der Waals surface area (Å²) in [5, 5.41) is 10.2. The molecule has 1 fully saturated rings. The molecule has 2 heteroatoms. The molecule has 94 valence electrons. The fourth-order valence-corrected chi connectivity index (χ4v) is 14.1. The van der Waals surface area contributed by atoms with E-state index in [1.807, 2.05) is 6.92 Å². The summed E-state index contributed by atoms with van der Waals surface area (Å²) >= 11 is -2.04. The molecule has 16 heavy (non-hydrogen) atoms. The Balaban J connectivity index is 3.13. The van der Waals surface area contributed by atoms with Gasteiger partial charge in [0.15, 0.2) is 0 Å². The molecule has 0 aromatic heterocycles. The van der Waals surface area contributed by atoms with Crippen LogP contribution >= 0.6 is 0 Å². The number of allylic oxidation sites excluding steroid dienone is 2. The van der Waals surface area contributed by atoms with Gasteiger partial charge in [-0.2, -0.15) is 0 Å². The second kappa shape index (κ2) is 4.31. The molecule has 2 atom stereocenters. The first-order chi connectivity index (χ1) is 6.98. The van der Waals surface area contributed by atoms with Crippen molar-refractivity contribution < 1.29 is 5.11 Å². The molecule has 1 nitrogen and oxygen atoms in total. The van der Waals surface area contributed by atoms with E-state index in [1.54, 1.807) is 3.59 Å². The maximum absolute atomic E-state index is 10.2. The van der Waals surface area contributed by atoms with Crippen molar-refractivity contribution in [2.24, 2.45) is 5.41 Å². The van der Waals surface area contributed by atoms with E-state index in [-0.39, 0.29) is 5.41 Å². The Hall–Kier alpha value is 0.499. The molecule has 0 bridgehead atoms. The third-order valence-electron chi connectivity index (χ3n) is 3.84. The molecule has 0 radical (unpaired) electrons. The average molecular weight is 331 g/mol. The summed E-state index contributed by atoms with van der Waals surface area (Å²) in [6, 6.07) is 0. The molecule has 0 amide bonds. The molecule has 0 saturated heterocycles. The second-order valence-electron chi connectivity index (χ2n) is 7.36. The van der Waals surface area contributed by atoms with Gasteiger partial charge in [0, 0.05) is 0 Å². The van der Waals surface area contributed by atoms with Crippen LogP contribution in [-0.2, 0) is 0 Å². The molecular formula is C14H28OSn. The van der Waals surface area contributed by atoms with Crippen LogP contribution in [0.3, 0.4) is 0 Å². The normalized spacial score (nSPS) is 35.2. The first-order valence-corrected chi connectivity index (χ1v) is 16.4. The molecule has 0 spiro atoms. The van der Waals surface area contributed by atoms with Crippen molar-refractivity contribution in [3.63, 3.8) is 0 Å². The number of hydrogen-bond acceptors (Lipinski definition) is 1. The Morgan fingerprint density at radius 1 is 1.06 bits per heavy atom. The van der Waals surface area contributed by atoms with Crippen LogP contribution in [0.25, 0.3) is 0 Å². The van der Waals surface area contributed by atoms with E-state index in [0.29, 0.717) is 0 Å². The number of aliphatic hydroxyl groups is 1. The number of hydrogen-bond donors (Lipinski definition) is 1. The van der Waals surface area contributed by atoms with Gasteiger partial charge in [-0.1, -0.05) is 0 Å². The Morgan fingerprint density at radius 2 is 1.56 bits per heavy atom. The summed E-state index contributed by atoms with van der Waals surface area (Å²) in [4.78, 5) is 7.49. The molecule has 1 N–H and O–H groups in total. The molecule has 0 aromatic rings. The second-order valence-corrected chi connectivity index (χ2v) is 21.6. The van der Waals surface area contributed by atoms with Crippen molar-refractivity contribution in [2.45, 2.75) is 67.4 Å². The van der Waals surface area contributed by atoms with Crippen molar-refractivity contribution in [2.75, 3.05) is 0 Å². The minimum atomic E-state index is -2.04. The summed E-state index contributed by atoms with van der Waals surface area (Å²) in [6.07, 6.45) is 3.08. The Labute approximate surface area is 105 Å². The van der Waals surface area contributed by atoms with E-state index < -0.39 is 24.0 Å². The van der Waals surface area contributed by atoms with Crippen molar-refractivity contribution in [3.8, 4) is 0 Å². The zero-order valence-electron chi connectivity index (χ0n) is 12.1. The molecule has 1 aliphatic carbocycles. The summed E-state index contributed by atoms with van der Waals surface area (Å²) < 4.78 is 1.75. The van der Waals surface area contributed by atoms with Gasteiger partial charge in [0.1, 0.15) is 0 Å². The summed E-state index contributed by atoms with van der Waals surface area (Å²) in [5.74, 6) is 0. The molecule has 1 saturated carbocycles. The third-order valence-corrected chi connectivity index (χ3v) is 11.3. The van der Waals surface area contributed by atoms with Gasteiger partial charge in [0.25, 0.3) is 0 Å². The Bertz CT molecular complexity index is 305. The maximum atomic E-state index is 10.2. The van der Waals surface area contributed by atoms with Crippen LogP contribution in [0.4, 0.5) is 0 Å². The van der Waals surface area contributed by atoms with E-state index in [1.165, 1.54) is 5.57 Å². The van der Waals surface area contributed by atoms with E-state index in [0.717, 1.165) is 19.3 Å². The number of rotatable bonds is 2. The minimum absolute atomic E-state index is 0.274. The fourth-order valence-electron chi connectivity index (χ4n) is 4.03. The molecule has 0 aliphatic heterocycles. The summed E-state index contributed by atoms with van der Waals surface area (Å²) in [6.45, 7) is 8.89. The van der Waals surface area contributed by atoms with Gasteiger partial charge in [-0.3, -0.25) is 0 Å². The van der Waals surface area contributed by atoms with Gasteiger partial charge in [0.05, 0.1) is 0 Å². The van der Waals surface area contributed by atoms with Crippen molar-refractivity contribution in [1.29, 1.82) is 0 Å². The molecule has 0 aromatic carbocycles. The van der Waals surface area contributed by atoms with Crippen molar-refractivity contribution >= 4 is 18.4 Å². The molecule has 0 unspecified atom stereocenters. The molecule has 0 heterocycles. The zero-order valence-corrected chi connectivity index (χ0v) is 14.9. The summed E-state index contributed by atoms with van der Waals surface area (Å²) in [7, 11) is 0. The molecule has 1 aliphatic rings. The third kappa shape index (κ3) is 3.04. The van der Waals surface area contributed by atoms with Gasteiger partial charge in [-0.05, 0) is 0 Å². The van der Waals surface area contributed by atoms with Crippen LogP contribution < -0.4 is 0 Å². The van der Waals surface area contributed by atoms with Gasteiger partial charge in [-0.15, -0.1) is 0 Å². The predicted octanol–water partition coefficient (Wildman–Crippen LogP) is 4.14. The zero-order chi connectivity index (χ0) is 12.8. The van der Waals surface area contributed by atoms with E-state index >= 15 is 0 Å². The van der Waals surface area contributed by atoms with Crippen LogP contribution in [0, 0.1) is 5.41 Å². The Morgan fingerprint density at radius 3 is 1.81 bits per heavy atom. The van der Waals surface area contributed by atoms with Gasteiger partial charge in [-0.25, -0.2) is 0 Å². The first kappa shape index (κ1) is 14.6. The van der Waals surface area contributed by atoms with Crippen molar-refractivity contribution in [3.05, 3.63) is 9.16 Å². The monoisotopic (exact) mass is 332 g/mol. The van der Waals surface area contributed by atoms with E-state index in [4.69, 9.17) is 0 Å². The van der Waals surface area contributed by atoms with Gasteiger partial charge < -0.3 is 0 Å². The summed E-state index contributed by atoms with van der Waals surface area (Å²) in [5.41, 5.74) is 1.35. The quantitative estimate of drug-likeness (QED) is 0.754. The topological polar surface area (TPSA) is 20.2 Å². The first-order valence-electron chi connectivity index (χ1n) is 6.39. The molecule has 1 rings (SSSR count). The van der Waals surface area contributed by atoms with Crippen molar-refractivity contribution in [1.82, 2.24) is 0 Å². The van der Waals surface area contributed by atoms with Gasteiger partial charge >= 0.3 is 105 Å². The van der Waals surface area contributed by atoms with Crippen LogP contribution in [0.15, 0.2) is 9.16 Å². The van der Waals surface area contributed by atoms with Crippen LogP contribution in [0.1, 0.15) is 47.0 Å². The SMILES string of the molecule is CC(C)=[C]([C@@]1(C)CC[C@](C)(O)C1)[Sn]([CH3])([CH3])[CH3]. The predicted molar refractivity (Wildman–Crippen MR) is 74.3 cm³/mol. The van der Waals surface area contributed by atoms with Crippen LogP contribution in [0.2, 0.25) is 14.8 Å². The van der Waals surface area contributed by atoms with E-state index in [2.05, 4.69) is 35.6 Å². The fraction of sp³-hybridized carbons (Fsp3) is 0.857. The van der Waals surface area contributed by atoms with Crippen LogP contribution in [-0.4, -0.2) is 29.1 Å². The average Bonchev–Trinajstić information content (AvgIpc) is 2.20. The standard InChI is InChI=1S/C11H19O.3CH3.Sn/c1-9(2)7-10(3)5-6-11(4,12)8-10;;;;/h12H,5-6,8H2,1-4H3;3*1H3;/t10-,11+;;;;/m1..../s1. The van der Waals surface area contributed by atoms with E-state index in [9.17, 15) is 5.11 Å². The van der Waals surface area contributed by atoms with Gasteiger partial charge in [0.2, 0.25) is 0 Å².